The van der Waals surface area contributed by atoms with Gasteiger partial charge in [0.05, 0.1) is 0 Å². The summed E-state index contributed by atoms with van der Waals surface area (Å²) < 4.78 is 12.3. The SMILES string of the molecule is CC(C(=O)NCCF)C(C)C(C)(C)C(=O)Nc1ccc(C(=O)c2ccccc2)cc1. The summed E-state index contributed by atoms with van der Waals surface area (Å²) in [6.07, 6.45) is 0. The van der Waals surface area contributed by atoms with Crippen molar-refractivity contribution >= 4 is 23.3 Å². The van der Waals surface area contributed by atoms with Crippen LogP contribution in [0.15, 0.2) is 54.6 Å². The lowest BCUT2D eigenvalue weighted by molar-refractivity contribution is -0.132. The number of hydrogen-bond donors (Lipinski definition) is 2. The zero-order valence-corrected chi connectivity index (χ0v) is 17.9. The van der Waals surface area contributed by atoms with Crippen LogP contribution in [-0.2, 0) is 9.59 Å². The lowest BCUT2D eigenvalue weighted by Crippen LogP contribution is -2.44. The Morgan fingerprint density at radius 3 is 2.07 bits per heavy atom. The van der Waals surface area contributed by atoms with Gasteiger partial charge in [-0.25, -0.2) is 4.39 Å². The molecule has 0 aromatic heterocycles. The Morgan fingerprint density at radius 2 is 1.50 bits per heavy atom. The average molecular weight is 413 g/mol. The van der Waals surface area contributed by atoms with Gasteiger partial charge in [-0.3, -0.25) is 14.4 Å². The van der Waals surface area contributed by atoms with E-state index in [-0.39, 0.29) is 30.1 Å². The molecule has 0 saturated heterocycles. The van der Waals surface area contributed by atoms with Crippen LogP contribution in [-0.4, -0.2) is 30.8 Å². The van der Waals surface area contributed by atoms with E-state index in [0.29, 0.717) is 16.8 Å². The van der Waals surface area contributed by atoms with E-state index >= 15 is 0 Å². The summed E-state index contributed by atoms with van der Waals surface area (Å²) >= 11 is 0. The Kier molecular flexibility index (Phi) is 7.86. The highest BCUT2D eigenvalue weighted by atomic mass is 19.1. The predicted molar refractivity (Wildman–Crippen MR) is 116 cm³/mol. The van der Waals surface area contributed by atoms with Crippen LogP contribution in [0.25, 0.3) is 0 Å². The minimum absolute atomic E-state index is 0.0312. The first-order valence-corrected chi connectivity index (χ1v) is 10.0. The number of alkyl halides is 1. The maximum Gasteiger partial charge on any atom is 0.230 e. The summed E-state index contributed by atoms with van der Waals surface area (Å²) in [7, 11) is 0. The van der Waals surface area contributed by atoms with Gasteiger partial charge in [-0.15, -0.1) is 0 Å². The van der Waals surface area contributed by atoms with Gasteiger partial charge < -0.3 is 10.6 Å². The van der Waals surface area contributed by atoms with Gasteiger partial charge in [0.15, 0.2) is 5.78 Å². The zero-order valence-electron chi connectivity index (χ0n) is 17.9. The van der Waals surface area contributed by atoms with Gasteiger partial charge >= 0.3 is 0 Å². The van der Waals surface area contributed by atoms with E-state index in [1.165, 1.54) is 0 Å². The molecule has 0 fully saturated rings. The fourth-order valence-corrected chi connectivity index (χ4v) is 3.14. The summed E-state index contributed by atoms with van der Waals surface area (Å²) in [5.74, 6) is -1.33. The first-order valence-electron chi connectivity index (χ1n) is 10.0. The standard InChI is InChI=1S/C24H29FN2O3/c1-16(22(29)26-15-14-25)17(2)24(3,4)23(30)27-20-12-10-19(11-13-20)21(28)18-8-6-5-7-9-18/h5-13,16-17H,14-15H2,1-4H3,(H,26,29)(H,27,30). The number of nitrogens with one attached hydrogen (secondary N) is 2. The molecule has 0 spiro atoms. The van der Waals surface area contributed by atoms with E-state index < -0.39 is 18.0 Å². The lowest BCUT2D eigenvalue weighted by atomic mass is 9.72. The third-order valence-electron chi connectivity index (χ3n) is 5.72. The highest BCUT2D eigenvalue weighted by Gasteiger charge is 2.39. The second kappa shape index (κ2) is 10.1. The van der Waals surface area contributed by atoms with Crippen molar-refractivity contribution in [1.82, 2.24) is 5.32 Å². The number of halogens is 1. The number of carbonyl (C=O) groups excluding carboxylic acids is 3. The molecule has 6 heteroatoms. The normalized spacial score (nSPS) is 13.2. The zero-order chi connectivity index (χ0) is 22.3. The topological polar surface area (TPSA) is 75.3 Å². The molecule has 0 radical (unpaired) electrons. The van der Waals surface area contributed by atoms with Gasteiger partial charge in [0.1, 0.15) is 6.67 Å². The molecule has 2 N–H and O–H groups in total. The van der Waals surface area contributed by atoms with E-state index in [9.17, 15) is 18.8 Å². The third kappa shape index (κ3) is 5.53. The molecule has 2 aromatic carbocycles. The number of ketones is 1. The molecule has 0 aliphatic carbocycles. The van der Waals surface area contributed by atoms with E-state index in [0.717, 1.165) is 0 Å². The summed E-state index contributed by atoms with van der Waals surface area (Å²) in [5.41, 5.74) is 0.860. The van der Waals surface area contributed by atoms with Crippen molar-refractivity contribution < 1.29 is 18.8 Å². The molecule has 0 aliphatic heterocycles. The van der Waals surface area contributed by atoms with Crippen molar-refractivity contribution in [3.8, 4) is 0 Å². The molecule has 2 atom stereocenters. The second-order valence-electron chi connectivity index (χ2n) is 8.01. The van der Waals surface area contributed by atoms with E-state index in [1.54, 1.807) is 57.2 Å². The summed E-state index contributed by atoms with van der Waals surface area (Å²) in [6.45, 7) is 6.46. The van der Waals surface area contributed by atoms with Gasteiger partial charge in [0, 0.05) is 34.7 Å². The first kappa shape index (κ1) is 23.3. The first-order chi connectivity index (χ1) is 14.2. The molecule has 0 saturated carbocycles. The number of hydrogen-bond acceptors (Lipinski definition) is 3. The number of benzene rings is 2. The molecule has 0 aliphatic rings. The van der Waals surface area contributed by atoms with Gasteiger partial charge in [-0.2, -0.15) is 0 Å². The molecule has 2 amide bonds. The molecule has 160 valence electrons. The van der Waals surface area contributed by atoms with Crippen LogP contribution >= 0.6 is 0 Å². The van der Waals surface area contributed by atoms with Crippen LogP contribution in [0.2, 0.25) is 0 Å². The molecule has 0 heterocycles. The average Bonchev–Trinajstić information content (AvgIpc) is 2.76. The minimum atomic E-state index is -0.842. The van der Waals surface area contributed by atoms with Crippen molar-refractivity contribution in [3.63, 3.8) is 0 Å². The van der Waals surface area contributed by atoms with Gasteiger partial charge in [-0.05, 0) is 30.2 Å². The Bertz CT molecular complexity index is 879. The fourth-order valence-electron chi connectivity index (χ4n) is 3.14. The van der Waals surface area contributed by atoms with Crippen LogP contribution in [0.5, 0.6) is 0 Å². The highest BCUT2D eigenvalue weighted by molar-refractivity contribution is 6.09. The van der Waals surface area contributed by atoms with Crippen molar-refractivity contribution in [1.29, 1.82) is 0 Å². The van der Waals surface area contributed by atoms with Gasteiger partial charge in [-0.1, -0.05) is 58.0 Å². The second-order valence-corrected chi connectivity index (χ2v) is 8.01. The number of amides is 2. The van der Waals surface area contributed by atoms with Crippen LogP contribution in [0.4, 0.5) is 10.1 Å². The molecule has 5 nitrogen and oxygen atoms in total. The number of anilines is 1. The number of carbonyl (C=O) groups is 3. The maximum absolute atomic E-state index is 12.9. The summed E-state index contributed by atoms with van der Waals surface area (Å²) in [5, 5.41) is 5.39. The molecular weight excluding hydrogens is 383 g/mol. The molecular formula is C24H29FN2O3. The predicted octanol–water partition coefficient (Wildman–Crippen LogP) is 4.24. The largest absolute Gasteiger partial charge is 0.353 e. The van der Waals surface area contributed by atoms with Gasteiger partial charge in [0.25, 0.3) is 0 Å². The van der Waals surface area contributed by atoms with Crippen LogP contribution in [0.3, 0.4) is 0 Å². The van der Waals surface area contributed by atoms with Crippen LogP contribution in [0, 0.1) is 17.3 Å². The minimum Gasteiger partial charge on any atom is -0.353 e. The van der Waals surface area contributed by atoms with Crippen molar-refractivity contribution in [2.75, 3.05) is 18.5 Å². The quantitative estimate of drug-likeness (QED) is 0.605. The van der Waals surface area contributed by atoms with E-state index in [1.807, 2.05) is 25.1 Å². The molecule has 30 heavy (non-hydrogen) atoms. The molecule has 2 rings (SSSR count). The van der Waals surface area contributed by atoms with E-state index in [4.69, 9.17) is 0 Å². The Hall–Kier alpha value is -3.02. The Morgan fingerprint density at radius 1 is 0.933 bits per heavy atom. The van der Waals surface area contributed by atoms with Crippen molar-refractivity contribution in [3.05, 3.63) is 65.7 Å². The molecule has 0 bridgehead atoms. The summed E-state index contributed by atoms with van der Waals surface area (Å²) in [4.78, 5) is 37.5. The van der Waals surface area contributed by atoms with E-state index in [2.05, 4.69) is 10.6 Å². The Labute approximate surface area is 177 Å². The molecule has 2 aromatic rings. The van der Waals surface area contributed by atoms with Crippen LogP contribution < -0.4 is 10.6 Å². The monoisotopic (exact) mass is 412 g/mol. The Balaban J connectivity index is 2.05. The molecule has 2 unspecified atom stereocenters. The maximum atomic E-state index is 12.9. The van der Waals surface area contributed by atoms with Gasteiger partial charge in [0.2, 0.25) is 11.8 Å². The summed E-state index contributed by atoms with van der Waals surface area (Å²) in [6, 6.07) is 15.7. The number of rotatable bonds is 9. The smallest absolute Gasteiger partial charge is 0.230 e. The highest BCUT2D eigenvalue weighted by Crippen LogP contribution is 2.34. The van der Waals surface area contributed by atoms with Crippen molar-refractivity contribution in [2.45, 2.75) is 27.7 Å². The van der Waals surface area contributed by atoms with Crippen LogP contribution in [0.1, 0.15) is 43.6 Å². The third-order valence-corrected chi connectivity index (χ3v) is 5.72. The van der Waals surface area contributed by atoms with Crippen molar-refractivity contribution in [2.24, 2.45) is 17.3 Å². The fraction of sp³-hybridized carbons (Fsp3) is 0.375. The lowest BCUT2D eigenvalue weighted by Gasteiger charge is -2.34.